The normalized spacial score (nSPS) is 36.2. The minimum atomic E-state index is -4.47. The summed E-state index contributed by atoms with van der Waals surface area (Å²) < 4.78 is 94.2. The van der Waals surface area contributed by atoms with Gasteiger partial charge in [0.2, 0.25) is 0 Å². The number of ether oxygens (including phenoxy) is 2. The number of fused-ring (bicyclic) bond motifs is 5. The van der Waals surface area contributed by atoms with Crippen LogP contribution in [0.25, 0.3) is 22.2 Å². The van der Waals surface area contributed by atoms with Crippen molar-refractivity contribution in [3.63, 3.8) is 0 Å². The van der Waals surface area contributed by atoms with Crippen molar-refractivity contribution in [2.75, 3.05) is 18.5 Å². The van der Waals surface area contributed by atoms with E-state index >= 15 is 4.39 Å². The first kappa shape index (κ1) is 34.0. The summed E-state index contributed by atoms with van der Waals surface area (Å²) in [5.74, 6) is -0.561. The van der Waals surface area contributed by atoms with E-state index < -0.39 is 92.7 Å². The molecule has 0 aliphatic carbocycles. The summed E-state index contributed by atoms with van der Waals surface area (Å²) in [6.07, 6.45) is -8.18. The van der Waals surface area contributed by atoms with Crippen LogP contribution in [0.5, 0.6) is 0 Å². The molecule has 4 aromatic heterocycles. The van der Waals surface area contributed by atoms with Crippen LogP contribution in [-0.2, 0) is 36.7 Å². The van der Waals surface area contributed by atoms with E-state index in [1.165, 1.54) is 17.2 Å². The van der Waals surface area contributed by atoms with Crippen LogP contribution in [0.4, 0.5) is 14.6 Å². The SMILES string of the molecule is CC(C)Nc1ncnc2c1ncn2[C@@H]1O[C@@H]2COP(=O)(S)O[C@@H]3[C@H](O)[C@@H](COP(=O)(S)O[C@H]2[C@H]1F)O[C@H]3n1cc(F)c2c(=O)[nH]cnc21. The Hall–Kier alpha value is -2.49. The number of rotatable bonds is 4. The number of hydrogen-bond donors (Lipinski definition) is 5. The van der Waals surface area contributed by atoms with E-state index in [4.69, 9.17) is 27.6 Å². The highest BCUT2D eigenvalue weighted by Crippen LogP contribution is 2.60. The van der Waals surface area contributed by atoms with E-state index in [0.717, 1.165) is 17.1 Å². The second-order valence-electron chi connectivity index (χ2n) is 11.4. The van der Waals surface area contributed by atoms with Gasteiger partial charge in [0.15, 0.2) is 47.1 Å². The molecule has 3 N–H and O–H groups in total. The molecule has 0 amide bonds. The predicted molar refractivity (Wildman–Crippen MR) is 168 cm³/mol. The van der Waals surface area contributed by atoms with Crippen molar-refractivity contribution < 1.29 is 50.6 Å². The van der Waals surface area contributed by atoms with E-state index in [9.17, 15) is 23.4 Å². The van der Waals surface area contributed by atoms with Crippen LogP contribution in [0.2, 0.25) is 0 Å². The van der Waals surface area contributed by atoms with Gasteiger partial charge in [-0.25, -0.2) is 37.8 Å². The topological polar surface area (TPSA) is 216 Å². The maximum atomic E-state index is 16.2. The average Bonchev–Trinajstić information content (AvgIpc) is 3.75. The number of halogens is 2. The Morgan fingerprint density at radius 1 is 1.00 bits per heavy atom. The molecule has 3 saturated heterocycles. The molecule has 0 spiro atoms. The zero-order valence-electron chi connectivity index (χ0n) is 24.8. The van der Waals surface area contributed by atoms with Crippen molar-refractivity contribution in [2.45, 2.75) is 69.0 Å². The smallest absolute Gasteiger partial charge is 0.386 e. The Bertz CT molecular complexity index is 2020. The van der Waals surface area contributed by atoms with Gasteiger partial charge >= 0.3 is 13.6 Å². The monoisotopic (exact) mass is 752 g/mol. The Labute approximate surface area is 279 Å². The zero-order valence-corrected chi connectivity index (χ0v) is 28.3. The van der Waals surface area contributed by atoms with Gasteiger partial charge < -0.3 is 29.4 Å². The predicted octanol–water partition coefficient (Wildman–Crippen LogP) is 2.91. The molecular weight excluding hydrogens is 724 g/mol. The number of hydrogen-bond acceptors (Lipinski definition) is 15. The van der Waals surface area contributed by atoms with Crippen LogP contribution in [0, 0.1) is 5.82 Å². The van der Waals surface area contributed by atoms with Crippen molar-refractivity contribution in [1.29, 1.82) is 0 Å². The summed E-state index contributed by atoms with van der Waals surface area (Å²) in [6, 6.07) is 0.00145. The summed E-state index contributed by atoms with van der Waals surface area (Å²) >= 11 is 8.05. The fraction of sp³-hybridized carbons (Fsp3) is 0.542. The maximum Gasteiger partial charge on any atom is 0.386 e. The fourth-order valence-electron chi connectivity index (χ4n) is 5.74. The van der Waals surface area contributed by atoms with Gasteiger partial charge in [-0.05, 0) is 13.8 Å². The van der Waals surface area contributed by atoms with Crippen LogP contribution in [0.3, 0.4) is 0 Å². The Morgan fingerprint density at radius 3 is 2.42 bits per heavy atom. The van der Waals surface area contributed by atoms with Gasteiger partial charge in [0.05, 0.1) is 25.9 Å². The van der Waals surface area contributed by atoms with E-state index in [0.29, 0.717) is 11.3 Å². The Balaban J connectivity index is 1.20. The number of nitrogens with one attached hydrogen (secondary N) is 2. The third kappa shape index (κ3) is 6.21. The molecule has 4 aromatic rings. The molecule has 2 bridgehead atoms. The third-order valence-corrected chi connectivity index (χ3v) is 11.0. The molecule has 18 nitrogen and oxygen atoms in total. The van der Waals surface area contributed by atoms with E-state index in [1.807, 2.05) is 13.8 Å². The molecule has 260 valence electrons. The number of alkyl halides is 1. The highest BCUT2D eigenvalue weighted by Gasteiger charge is 2.54. The molecule has 0 saturated carbocycles. The van der Waals surface area contributed by atoms with E-state index in [1.54, 1.807) is 0 Å². The van der Waals surface area contributed by atoms with Gasteiger partial charge in [0, 0.05) is 12.2 Å². The molecule has 10 atom stereocenters. The molecule has 0 radical (unpaired) electrons. The highest BCUT2D eigenvalue weighted by atomic mass is 32.7. The van der Waals surface area contributed by atoms with E-state index in [2.05, 4.69) is 54.7 Å². The molecule has 3 aliphatic heterocycles. The second-order valence-corrected chi connectivity index (χ2v) is 17.1. The summed E-state index contributed by atoms with van der Waals surface area (Å²) in [7, 11) is 0. The first-order chi connectivity index (χ1) is 22.7. The van der Waals surface area contributed by atoms with Gasteiger partial charge in [-0.15, -0.1) is 0 Å². The number of anilines is 1. The van der Waals surface area contributed by atoms with E-state index in [-0.39, 0.29) is 17.3 Å². The number of H-pyrrole nitrogens is 1. The van der Waals surface area contributed by atoms with Crippen LogP contribution in [-0.4, -0.2) is 95.1 Å². The number of thiol groups is 2. The largest absolute Gasteiger partial charge is 0.387 e. The second kappa shape index (κ2) is 12.7. The number of nitrogens with zero attached hydrogens (tertiary/aromatic N) is 6. The summed E-state index contributed by atoms with van der Waals surface area (Å²) in [4.78, 5) is 31.2. The van der Waals surface area contributed by atoms with Gasteiger partial charge in [-0.1, -0.05) is 24.5 Å². The number of aliphatic hydroxyl groups is 1. The number of aliphatic hydroxyl groups excluding tert-OH is 1. The lowest BCUT2D eigenvalue weighted by molar-refractivity contribution is -0.0568. The van der Waals surface area contributed by atoms with Gasteiger partial charge in [0.1, 0.15) is 42.2 Å². The zero-order chi connectivity index (χ0) is 34.1. The highest BCUT2D eigenvalue weighted by molar-refractivity contribution is 8.44. The van der Waals surface area contributed by atoms with Crippen LogP contribution in [0.15, 0.2) is 30.0 Å². The minimum absolute atomic E-state index is 0.00145. The molecule has 3 aliphatic rings. The minimum Gasteiger partial charge on any atom is -0.387 e. The van der Waals surface area contributed by atoms with Gasteiger partial charge in [0.25, 0.3) is 5.56 Å². The molecule has 3 fully saturated rings. The molecule has 2 unspecified atom stereocenters. The molecule has 48 heavy (non-hydrogen) atoms. The Morgan fingerprint density at radius 2 is 1.69 bits per heavy atom. The average molecular weight is 753 g/mol. The maximum absolute atomic E-state index is 16.2. The number of aromatic amines is 1. The lowest BCUT2D eigenvalue weighted by atomic mass is 10.1. The van der Waals surface area contributed by atoms with Crippen LogP contribution < -0.4 is 10.9 Å². The lowest BCUT2D eigenvalue weighted by Gasteiger charge is -2.26. The molecular formula is C24H28F2N8O10P2S2. The summed E-state index contributed by atoms with van der Waals surface area (Å²) in [5, 5.41) is 13.8. The third-order valence-electron chi connectivity index (χ3n) is 7.79. The van der Waals surface area contributed by atoms with Crippen LogP contribution in [0.1, 0.15) is 26.3 Å². The van der Waals surface area contributed by atoms with Crippen molar-refractivity contribution in [2.24, 2.45) is 0 Å². The number of aromatic nitrogens is 7. The van der Waals surface area contributed by atoms with Gasteiger partial charge in [-0.3, -0.25) is 27.5 Å². The first-order valence-corrected chi connectivity index (χ1v) is 19.7. The van der Waals surface area contributed by atoms with Crippen LogP contribution >= 0.6 is 38.1 Å². The Kier molecular flexibility index (Phi) is 8.98. The molecule has 0 aromatic carbocycles. The lowest BCUT2D eigenvalue weighted by Crippen LogP contribution is -2.35. The van der Waals surface area contributed by atoms with Crippen molar-refractivity contribution in [1.82, 2.24) is 34.1 Å². The first-order valence-electron chi connectivity index (χ1n) is 14.4. The quantitative estimate of drug-likeness (QED) is 0.150. The summed E-state index contributed by atoms with van der Waals surface area (Å²) in [5.41, 5.74) is -0.431. The molecule has 24 heteroatoms. The molecule has 7 heterocycles. The van der Waals surface area contributed by atoms with Crippen molar-refractivity contribution >= 4 is 66.1 Å². The van der Waals surface area contributed by atoms with Crippen molar-refractivity contribution in [3.8, 4) is 0 Å². The fourth-order valence-corrected chi connectivity index (χ4v) is 8.68. The van der Waals surface area contributed by atoms with Gasteiger partial charge in [-0.2, -0.15) is 0 Å². The summed E-state index contributed by atoms with van der Waals surface area (Å²) in [6.45, 7) is -6.48. The van der Waals surface area contributed by atoms with Crippen molar-refractivity contribution in [3.05, 3.63) is 41.3 Å². The molecule has 7 rings (SSSR count). The number of imidazole rings is 1. The standard InChI is InChI=1S/C24H28F2N8O10P2S2/c1-9(2)32-19-15-21(29-6-27-19)34(8-31-15)23-14(26)17-12(42-23)5-40-46(38,48)44-18-16(35)11(4-39-45(37,47)43-17)41-24(18)33-3-10(25)13-20(33)28-7-30-22(13)36/h3,6-9,11-12,14,16-18,23-24,35H,4-5H2,1-2H3,(H,37,47)(H,38,48)(H,27,29,32)(H,28,30,36)/t11-,12-,14-,16-,17-,18-,23-,24-,45?,46?/m1/s1.